The second-order valence-electron chi connectivity index (χ2n) is 7.64. The summed E-state index contributed by atoms with van der Waals surface area (Å²) < 4.78 is 47.6. The molecule has 0 aromatic carbocycles. The summed E-state index contributed by atoms with van der Waals surface area (Å²) >= 11 is 4.93. The van der Waals surface area contributed by atoms with Crippen molar-refractivity contribution in [3.05, 3.63) is 27.4 Å². The molecule has 0 bridgehead atoms. The Morgan fingerprint density at radius 1 is 0.974 bits per heavy atom. The molecule has 11 atom stereocenters. The summed E-state index contributed by atoms with van der Waals surface area (Å²) in [4.78, 5) is 37.6. The summed E-state index contributed by atoms with van der Waals surface area (Å²) in [7, 11) is -11.6. The van der Waals surface area contributed by atoms with Crippen LogP contribution in [0.2, 0.25) is 0 Å². The largest absolute Gasteiger partial charge is 1.00 e. The molecule has 0 spiro atoms. The Bertz CT molecular complexity index is 1140. The maximum atomic E-state index is 12.0. The number of nitrogens with one attached hydrogen (secondary N) is 1. The molecule has 2 aliphatic heterocycles. The van der Waals surface area contributed by atoms with E-state index in [4.69, 9.17) is 26.8 Å². The number of nitrogens with zero attached hydrogens (tertiary/aromatic N) is 1. The topological polar surface area (TPSA) is 286 Å². The zero-order valence-corrected chi connectivity index (χ0v) is 26.4. The minimum Gasteiger partial charge on any atom is -0.756 e. The second-order valence-corrected chi connectivity index (χ2v) is 10.9. The number of rotatable bonds is 9. The van der Waals surface area contributed by atoms with Crippen LogP contribution in [-0.4, -0.2) is 102 Å². The quantitative estimate of drug-likeness (QED) is 0.0761. The maximum Gasteiger partial charge on any atom is 1.00 e. The number of hydrogen-bond acceptors (Lipinski definition) is 17. The van der Waals surface area contributed by atoms with Crippen LogP contribution in [-0.2, 0) is 32.0 Å². The zero-order chi connectivity index (χ0) is 27.0. The third-order valence-electron chi connectivity index (χ3n) is 5.14. The van der Waals surface area contributed by atoms with Crippen molar-refractivity contribution in [3.63, 3.8) is 0 Å². The van der Waals surface area contributed by atoms with Gasteiger partial charge in [0.25, 0.3) is 21.2 Å². The average Bonchev–Trinajstić information content (AvgIpc) is 3.06. The minimum absolute atomic E-state index is 0. The van der Waals surface area contributed by atoms with Gasteiger partial charge in [-0.25, -0.2) is 4.31 Å². The Balaban J connectivity index is 0.00000361. The molecule has 38 heavy (non-hydrogen) atoms. The van der Waals surface area contributed by atoms with Crippen molar-refractivity contribution in [1.29, 1.82) is 0 Å². The Kier molecular flexibility index (Phi) is 14.6. The molecule has 7 N–H and O–H groups in total. The van der Waals surface area contributed by atoms with Crippen LogP contribution in [0.15, 0.2) is 17.1 Å². The van der Waals surface area contributed by atoms with Crippen LogP contribution in [0, 0.1) is 4.77 Å². The molecule has 18 nitrogen and oxygen atoms in total. The smallest absolute Gasteiger partial charge is 0.756 e. The zero-order valence-electron chi connectivity index (χ0n) is 19.8. The van der Waals surface area contributed by atoms with Crippen molar-refractivity contribution in [2.24, 2.45) is 0 Å². The van der Waals surface area contributed by atoms with E-state index in [1.165, 1.54) is 0 Å². The van der Waals surface area contributed by atoms with Gasteiger partial charge in [0.05, 0.1) is 13.2 Å². The van der Waals surface area contributed by atoms with E-state index >= 15 is 0 Å². The molecule has 1 aromatic heterocycles. The molecule has 23 heteroatoms. The standard InChI is InChI=1S/C15H24N2O16P2S.2Na/c18-3-5-8(20)10(22)12(24)14(31-5)32-35(27,28)33-34(25,26)29-4-6-9(21)11(23)13(30-6)17-2-1-7(19)16-15(17)36;;/h1-2,5-6,8-14,18,20-24H,3-4H2,(H,25,26)(H,27,28)(H,16,19,36);;/q;2*+1/p-2. The van der Waals surface area contributed by atoms with Crippen molar-refractivity contribution in [3.8, 4) is 0 Å². The minimum atomic E-state index is -5.88. The summed E-state index contributed by atoms with van der Waals surface area (Å²) in [6.45, 7) is -1.97. The molecule has 0 saturated carbocycles. The number of aromatic amines is 1. The van der Waals surface area contributed by atoms with Crippen LogP contribution < -0.4 is 74.5 Å². The fourth-order valence-corrected chi connectivity index (χ4v) is 5.68. The average molecular weight is 626 g/mol. The summed E-state index contributed by atoms with van der Waals surface area (Å²) in [6.07, 6.45) is -15.0. The Labute approximate surface area is 262 Å². The molecule has 0 aliphatic carbocycles. The van der Waals surface area contributed by atoms with Crippen LogP contribution in [0.25, 0.3) is 0 Å². The third kappa shape index (κ3) is 9.02. The van der Waals surface area contributed by atoms with Gasteiger partial charge in [-0.1, -0.05) is 0 Å². The molecule has 3 rings (SSSR count). The SMILES string of the molecule is O=c1ccn(C2OC(COP(=O)([O-])OP(=O)([O-])OC3OC(CO)C(O)C(O)C3O)C(O)C2O)c(=S)[nH]1.[Na+].[Na+]. The van der Waals surface area contributed by atoms with E-state index in [9.17, 15) is 49.2 Å². The third-order valence-corrected chi connectivity index (χ3v) is 7.99. The number of phosphoric acid groups is 2. The number of aliphatic hydroxyl groups excluding tert-OH is 6. The van der Waals surface area contributed by atoms with E-state index in [1.807, 2.05) is 0 Å². The van der Waals surface area contributed by atoms with Gasteiger partial charge >= 0.3 is 59.1 Å². The van der Waals surface area contributed by atoms with Crippen molar-refractivity contribution in [2.75, 3.05) is 13.2 Å². The van der Waals surface area contributed by atoms with Gasteiger partial charge in [-0.05, 0) is 12.2 Å². The van der Waals surface area contributed by atoms with Gasteiger partial charge in [0, 0.05) is 12.3 Å². The molecule has 0 radical (unpaired) electrons. The van der Waals surface area contributed by atoms with E-state index in [1.54, 1.807) is 0 Å². The number of aromatic nitrogens is 2. The van der Waals surface area contributed by atoms with Gasteiger partial charge in [-0.15, -0.1) is 0 Å². The normalized spacial score (nSPS) is 36.4. The van der Waals surface area contributed by atoms with E-state index in [-0.39, 0.29) is 63.9 Å². The molecule has 2 aliphatic rings. The summed E-state index contributed by atoms with van der Waals surface area (Å²) in [5, 5.41) is 58.6. The summed E-state index contributed by atoms with van der Waals surface area (Å²) in [6, 6.07) is 1.04. The maximum absolute atomic E-state index is 12.0. The predicted octanol–water partition coefficient (Wildman–Crippen LogP) is -10.7. The van der Waals surface area contributed by atoms with Gasteiger partial charge in [0.2, 0.25) is 0 Å². The molecule has 1 aromatic rings. The molecule has 3 heterocycles. The molecular formula is C15H22N2Na2O16P2S. The van der Waals surface area contributed by atoms with Gasteiger partial charge in [-0.3, -0.25) is 28.0 Å². The number of hydrogen-bond donors (Lipinski definition) is 7. The van der Waals surface area contributed by atoms with Crippen molar-refractivity contribution >= 4 is 27.9 Å². The number of ether oxygens (including phenoxy) is 2. The van der Waals surface area contributed by atoms with E-state index in [2.05, 4.69) is 18.3 Å². The first-order valence-electron chi connectivity index (χ1n) is 9.96. The Hall–Kier alpha value is 1.04. The van der Waals surface area contributed by atoms with Crippen LogP contribution in [0.3, 0.4) is 0 Å². The molecule has 11 unspecified atom stereocenters. The van der Waals surface area contributed by atoms with E-state index in [0.717, 1.165) is 16.8 Å². The van der Waals surface area contributed by atoms with Gasteiger partial charge < -0.3 is 54.4 Å². The fourth-order valence-electron chi connectivity index (χ4n) is 3.34. The summed E-state index contributed by atoms with van der Waals surface area (Å²) in [5.41, 5.74) is -0.554. The molecular weight excluding hydrogens is 604 g/mol. The van der Waals surface area contributed by atoms with Crippen LogP contribution >= 0.6 is 27.9 Å². The predicted molar refractivity (Wildman–Crippen MR) is 109 cm³/mol. The van der Waals surface area contributed by atoms with Crippen LogP contribution in [0.1, 0.15) is 6.23 Å². The Morgan fingerprint density at radius 3 is 2.16 bits per heavy atom. The van der Waals surface area contributed by atoms with Crippen LogP contribution in [0.5, 0.6) is 0 Å². The monoisotopic (exact) mass is 626 g/mol. The molecule has 0 amide bonds. The molecule has 2 saturated heterocycles. The molecule has 2 fully saturated rings. The van der Waals surface area contributed by atoms with Crippen LogP contribution in [0.4, 0.5) is 0 Å². The Morgan fingerprint density at radius 2 is 1.58 bits per heavy atom. The van der Waals surface area contributed by atoms with E-state index in [0.29, 0.717) is 0 Å². The first-order chi connectivity index (χ1) is 16.7. The second kappa shape index (κ2) is 15.0. The van der Waals surface area contributed by atoms with Crippen molar-refractivity contribution in [2.45, 2.75) is 55.2 Å². The van der Waals surface area contributed by atoms with Crippen molar-refractivity contribution in [1.82, 2.24) is 9.55 Å². The molecule has 206 valence electrons. The summed E-state index contributed by atoms with van der Waals surface area (Å²) in [5.74, 6) is 0. The van der Waals surface area contributed by atoms with Gasteiger partial charge in [0.1, 0.15) is 42.7 Å². The number of phosphoric ester groups is 2. The number of aliphatic hydroxyl groups is 6. The van der Waals surface area contributed by atoms with Gasteiger partial charge in [-0.2, -0.15) is 0 Å². The van der Waals surface area contributed by atoms with Crippen molar-refractivity contribution < 1.29 is 132 Å². The first kappa shape index (κ1) is 37.1. The van der Waals surface area contributed by atoms with Gasteiger partial charge in [0.15, 0.2) is 17.3 Å². The van der Waals surface area contributed by atoms with E-state index < -0.39 is 89.7 Å². The number of H-pyrrole nitrogens is 1. The fraction of sp³-hybridized carbons (Fsp3) is 0.733. The first-order valence-corrected chi connectivity index (χ1v) is 13.3.